The van der Waals surface area contributed by atoms with Crippen molar-refractivity contribution in [3.63, 3.8) is 0 Å². The Morgan fingerprint density at radius 2 is 1.85 bits per heavy atom. The van der Waals surface area contributed by atoms with Crippen LogP contribution in [0.3, 0.4) is 0 Å². The Balaban J connectivity index is 1.61. The lowest BCUT2D eigenvalue weighted by Gasteiger charge is -2.28. The maximum atomic E-state index is 12.8. The van der Waals surface area contributed by atoms with Crippen LogP contribution >= 0.6 is 11.6 Å². The summed E-state index contributed by atoms with van der Waals surface area (Å²) in [5.41, 5.74) is 3.38. The van der Waals surface area contributed by atoms with Gasteiger partial charge in [0.15, 0.2) is 9.84 Å². The number of aromatic nitrogens is 1. The van der Waals surface area contributed by atoms with E-state index in [1.807, 2.05) is 24.3 Å². The van der Waals surface area contributed by atoms with Crippen molar-refractivity contribution in [2.75, 3.05) is 12.8 Å². The van der Waals surface area contributed by atoms with E-state index in [1.54, 1.807) is 17.0 Å². The van der Waals surface area contributed by atoms with Crippen LogP contribution in [-0.4, -0.2) is 37.0 Å². The molecule has 0 spiro atoms. The topological polar surface area (TPSA) is 67.3 Å². The summed E-state index contributed by atoms with van der Waals surface area (Å²) in [6.07, 6.45) is 1.83. The lowest BCUT2D eigenvalue weighted by atomic mass is 10.0. The van der Waals surface area contributed by atoms with Gasteiger partial charge in [0.05, 0.1) is 10.4 Å². The Hall–Kier alpha value is -2.44. The second kappa shape index (κ2) is 6.62. The largest absolute Gasteiger partial charge is 0.334 e. The molecule has 0 aliphatic carbocycles. The van der Waals surface area contributed by atoms with Crippen molar-refractivity contribution in [3.05, 3.63) is 70.4 Å². The number of carbonyl (C=O) groups is 1. The third-order valence-electron chi connectivity index (χ3n) is 4.74. The summed E-state index contributed by atoms with van der Waals surface area (Å²) in [7, 11) is -3.28. The first-order valence-corrected chi connectivity index (χ1v) is 10.8. The molecule has 0 radical (unpaired) electrons. The number of nitrogens with zero attached hydrogens (tertiary/aromatic N) is 2. The first-order valence-electron chi connectivity index (χ1n) is 8.49. The normalized spacial score (nSPS) is 14.2. The summed E-state index contributed by atoms with van der Waals surface area (Å²) in [5, 5.41) is 1.60. The average molecular weight is 401 g/mol. The monoisotopic (exact) mass is 400 g/mol. The van der Waals surface area contributed by atoms with Gasteiger partial charge < -0.3 is 4.90 Å². The van der Waals surface area contributed by atoms with E-state index >= 15 is 0 Å². The SMILES string of the molecule is CS(=O)(=O)c1ccc(C(=O)N2CCc3nc4ccc(Cl)cc4cc3C2)cc1. The van der Waals surface area contributed by atoms with Gasteiger partial charge in [0.1, 0.15) is 0 Å². The number of hydrogen-bond donors (Lipinski definition) is 0. The van der Waals surface area contributed by atoms with E-state index in [0.29, 0.717) is 30.1 Å². The first kappa shape index (κ1) is 17.9. The van der Waals surface area contributed by atoms with Crippen LogP contribution in [0.5, 0.6) is 0 Å². The predicted octanol–water partition coefficient (Wildman–Crippen LogP) is 3.49. The van der Waals surface area contributed by atoms with Crippen LogP contribution in [0.15, 0.2) is 53.4 Å². The lowest BCUT2D eigenvalue weighted by Crippen LogP contribution is -2.36. The van der Waals surface area contributed by atoms with Gasteiger partial charge in [0, 0.05) is 47.4 Å². The predicted molar refractivity (Wildman–Crippen MR) is 105 cm³/mol. The molecule has 0 N–H and O–H groups in total. The zero-order valence-electron chi connectivity index (χ0n) is 14.6. The minimum absolute atomic E-state index is 0.119. The molecule has 27 heavy (non-hydrogen) atoms. The number of halogens is 1. The molecule has 0 fully saturated rings. The minimum atomic E-state index is -3.28. The molecule has 0 bridgehead atoms. The van der Waals surface area contributed by atoms with E-state index in [9.17, 15) is 13.2 Å². The van der Waals surface area contributed by atoms with Gasteiger partial charge in [-0.2, -0.15) is 0 Å². The summed E-state index contributed by atoms with van der Waals surface area (Å²) in [6.45, 7) is 1.04. The highest BCUT2D eigenvalue weighted by atomic mass is 35.5. The number of benzene rings is 2. The molecule has 2 heterocycles. The molecule has 1 aliphatic heterocycles. The van der Waals surface area contributed by atoms with Gasteiger partial charge in [-0.15, -0.1) is 0 Å². The third-order valence-corrected chi connectivity index (χ3v) is 6.11. The van der Waals surface area contributed by atoms with E-state index < -0.39 is 9.84 Å². The quantitative estimate of drug-likeness (QED) is 0.660. The van der Waals surface area contributed by atoms with Gasteiger partial charge >= 0.3 is 0 Å². The second-order valence-electron chi connectivity index (χ2n) is 6.70. The van der Waals surface area contributed by atoms with Gasteiger partial charge in [-0.05, 0) is 54.1 Å². The molecule has 2 aromatic carbocycles. The first-order chi connectivity index (χ1) is 12.8. The Morgan fingerprint density at radius 3 is 2.56 bits per heavy atom. The minimum Gasteiger partial charge on any atom is -0.334 e. The number of hydrogen-bond acceptors (Lipinski definition) is 4. The van der Waals surface area contributed by atoms with Crippen LogP contribution in [0.1, 0.15) is 21.6 Å². The van der Waals surface area contributed by atoms with Crippen LogP contribution in [0.4, 0.5) is 0 Å². The zero-order chi connectivity index (χ0) is 19.2. The zero-order valence-corrected chi connectivity index (χ0v) is 16.2. The molecule has 7 heteroatoms. The molecule has 138 valence electrons. The fraction of sp³-hybridized carbons (Fsp3) is 0.200. The van der Waals surface area contributed by atoms with E-state index in [1.165, 1.54) is 12.1 Å². The van der Waals surface area contributed by atoms with Gasteiger partial charge in [0.2, 0.25) is 0 Å². The van der Waals surface area contributed by atoms with Crippen molar-refractivity contribution in [2.45, 2.75) is 17.9 Å². The molecular weight excluding hydrogens is 384 g/mol. The van der Waals surface area contributed by atoms with Crippen molar-refractivity contribution in [3.8, 4) is 0 Å². The summed E-state index contributed by atoms with van der Waals surface area (Å²) in [5.74, 6) is -0.119. The molecule has 0 atom stereocenters. The second-order valence-corrected chi connectivity index (χ2v) is 9.16. The van der Waals surface area contributed by atoms with Gasteiger partial charge in [-0.1, -0.05) is 11.6 Å². The molecule has 1 aromatic heterocycles. The standard InChI is InChI=1S/C20H17ClN2O3S/c1-27(25,26)17-5-2-13(3-6-17)20(24)23-9-8-19-15(12-23)10-14-11-16(21)4-7-18(14)22-19/h2-7,10-11H,8-9,12H2,1H3. The maximum Gasteiger partial charge on any atom is 0.254 e. The van der Waals surface area contributed by atoms with Crippen molar-refractivity contribution >= 4 is 38.2 Å². The van der Waals surface area contributed by atoms with Crippen molar-refractivity contribution < 1.29 is 13.2 Å². The molecule has 0 saturated carbocycles. The molecule has 3 aromatic rings. The van der Waals surface area contributed by atoms with Gasteiger partial charge in [0.25, 0.3) is 5.91 Å². The lowest BCUT2D eigenvalue weighted by molar-refractivity contribution is 0.0733. The molecule has 1 aliphatic rings. The van der Waals surface area contributed by atoms with Crippen molar-refractivity contribution in [1.82, 2.24) is 9.88 Å². The van der Waals surface area contributed by atoms with E-state index in [0.717, 1.165) is 28.4 Å². The fourth-order valence-corrected chi connectivity index (χ4v) is 4.12. The maximum absolute atomic E-state index is 12.8. The van der Waals surface area contributed by atoms with Crippen LogP contribution in [-0.2, 0) is 22.8 Å². The van der Waals surface area contributed by atoms with E-state index in [2.05, 4.69) is 0 Å². The summed E-state index contributed by atoms with van der Waals surface area (Å²) >= 11 is 6.07. The number of rotatable bonds is 2. The Labute approximate surface area is 162 Å². The number of amides is 1. The van der Waals surface area contributed by atoms with Crippen LogP contribution in [0, 0.1) is 0 Å². The third kappa shape index (κ3) is 3.55. The highest BCUT2D eigenvalue weighted by Crippen LogP contribution is 2.25. The molecule has 0 saturated heterocycles. The molecule has 0 unspecified atom stereocenters. The fourth-order valence-electron chi connectivity index (χ4n) is 3.31. The Morgan fingerprint density at radius 1 is 1.11 bits per heavy atom. The van der Waals surface area contributed by atoms with Crippen LogP contribution < -0.4 is 0 Å². The van der Waals surface area contributed by atoms with Crippen LogP contribution in [0.2, 0.25) is 5.02 Å². The number of sulfone groups is 1. The summed E-state index contributed by atoms with van der Waals surface area (Å²) < 4.78 is 23.1. The smallest absolute Gasteiger partial charge is 0.254 e. The Kier molecular flexibility index (Phi) is 4.40. The number of pyridine rings is 1. The molecule has 4 rings (SSSR count). The number of fused-ring (bicyclic) bond motifs is 2. The molecule has 1 amide bonds. The van der Waals surface area contributed by atoms with E-state index in [-0.39, 0.29) is 10.8 Å². The highest BCUT2D eigenvalue weighted by Gasteiger charge is 2.23. The average Bonchev–Trinajstić information content (AvgIpc) is 2.64. The Bertz CT molecular complexity index is 1160. The molecular formula is C20H17ClN2O3S. The van der Waals surface area contributed by atoms with Gasteiger partial charge in [-0.25, -0.2) is 8.42 Å². The van der Waals surface area contributed by atoms with E-state index in [4.69, 9.17) is 16.6 Å². The van der Waals surface area contributed by atoms with Crippen LogP contribution in [0.25, 0.3) is 10.9 Å². The highest BCUT2D eigenvalue weighted by molar-refractivity contribution is 7.90. The summed E-state index contributed by atoms with van der Waals surface area (Å²) in [6, 6.07) is 13.7. The van der Waals surface area contributed by atoms with Crippen molar-refractivity contribution in [2.24, 2.45) is 0 Å². The van der Waals surface area contributed by atoms with Crippen molar-refractivity contribution in [1.29, 1.82) is 0 Å². The number of carbonyl (C=O) groups excluding carboxylic acids is 1. The summed E-state index contributed by atoms with van der Waals surface area (Å²) in [4.78, 5) is 19.5. The van der Waals surface area contributed by atoms with Gasteiger partial charge in [-0.3, -0.25) is 9.78 Å². The molecule has 5 nitrogen and oxygen atoms in total.